The monoisotopic (exact) mass is 420 g/mol. The van der Waals surface area contributed by atoms with Crippen molar-refractivity contribution in [2.24, 2.45) is 4.99 Å². The second-order valence-electron chi connectivity index (χ2n) is 8.07. The summed E-state index contributed by atoms with van der Waals surface area (Å²) < 4.78 is 5.57. The third kappa shape index (κ3) is 4.77. The Balaban J connectivity index is 1.36. The maximum atomic E-state index is 12.6. The minimum atomic E-state index is -0.565. The molecule has 0 bridgehead atoms. The molecule has 0 unspecified atom stereocenters. The average Bonchev–Trinajstić information content (AvgIpc) is 3.07. The Kier molecular flexibility index (Phi) is 6.04. The lowest BCUT2D eigenvalue weighted by atomic mass is 9.98. The molecule has 1 spiro atoms. The van der Waals surface area contributed by atoms with Crippen molar-refractivity contribution in [3.63, 3.8) is 0 Å². The molecular weight excluding hydrogens is 392 g/mol. The van der Waals surface area contributed by atoms with E-state index in [-0.39, 0.29) is 11.8 Å². The van der Waals surface area contributed by atoms with Gasteiger partial charge in [-0.2, -0.15) is 0 Å². The first kappa shape index (κ1) is 21.1. The Morgan fingerprint density at radius 3 is 2.71 bits per heavy atom. The summed E-state index contributed by atoms with van der Waals surface area (Å²) in [6.45, 7) is 6.12. The number of ether oxygens (including phenoxy) is 1. The molecule has 7 heteroatoms. The number of aryl methyl sites for hydroxylation is 1. The zero-order valence-electron chi connectivity index (χ0n) is 18.0. The van der Waals surface area contributed by atoms with Crippen LogP contribution >= 0.6 is 0 Å². The number of benzene rings is 2. The summed E-state index contributed by atoms with van der Waals surface area (Å²) in [7, 11) is 0. The maximum absolute atomic E-state index is 12.6. The van der Waals surface area contributed by atoms with Gasteiger partial charge in [0.25, 0.3) is 5.91 Å². The fraction of sp³-hybridized carbons (Fsp3) is 0.375. The van der Waals surface area contributed by atoms with Gasteiger partial charge in [-0.15, -0.1) is 0 Å². The lowest BCUT2D eigenvalue weighted by molar-refractivity contribution is -0.119. The first-order chi connectivity index (χ1) is 15.0. The minimum absolute atomic E-state index is 0.0810. The highest BCUT2D eigenvalue weighted by Gasteiger charge is 2.42. The highest BCUT2D eigenvalue weighted by molar-refractivity contribution is 6.46. The number of likely N-dealkylation sites (tertiary alicyclic amines) is 1. The number of anilines is 1. The second-order valence-corrected chi connectivity index (χ2v) is 8.07. The van der Waals surface area contributed by atoms with Crippen LogP contribution in [0.3, 0.4) is 0 Å². The van der Waals surface area contributed by atoms with Crippen LogP contribution in [-0.2, 0) is 9.59 Å². The van der Waals surface area contributed by atoms with Crippen LogP contribution in [0.2, 0.25) is 0 Å². The molecule has 2 aliphatic heterocycles. The number of carbonyl (C=O) groups excluding carboxylic acids is 2. The summed E-state index contributed by atoms with van der Waals surface area (Å²) in [5, 5.41) is 6.03. The smallest absolute Gasteiger partial charge is 0.272 e. The summed E-state index contributed by atoms with van der Waals surface area (Å²) in [5.74, 6) is 0.467. The number of amides is 2. The van der Waals surface area contributed by atoms with Crippen molar-refractivity contribution in [2.75, 3.05) is 31.6 Å². The molecule has 0 aliphatic carbocycles. The minimum Gasteiger partial charge on any atom is -0.492 e. The lowest BCUT2D eigenvalue weighted by Crippen LogP contribution is -2.52. The molecule has 1 fully saturated rings. The number of carbonyl (C=O) groups is 2. The molecule has 4 rings (SSSR count). The summed E-state index contributed by atoms with van der Waals surface area (Å²) in [6, 6.07) is 15.3. The van der Waals surface area contributed by atoms with Gasteiger partial charge in [-0.05, 0) is 32.0 Å². The third-order valence-electron chi connectivity index (χ3n) is 5.69. The predicted octanol–water partition coefficient (Wildman–Crippen LogP) is 2.74. The van der Waals surface area contributed by atoms with Gasteiger partial charge in [0, 0.05) is 31.5 Å². The van der Waals surface area contributed by atoms with Crippen LogP contribution in [0, 0.1) is 6.92 Å². The molecular formula is C24H28N4O3. The van der Waals surface area contributed by atoms with Gasteiger partial charge in [0.1, 0.15) is 17.1 Å². The largest absolute Gasteiger partial charge is 0.492 e. The fourth-order valence-electron chi connectivity index (χ4n) is 4.11. The van der Waals surface area contributed by atoms with Crippen molar-refractivity contribution < 1.29 is 14.3 Å². The van der Waals surface area contributed by atoms with Gasteiger partial charge in [0.2, 0.25) is 5.91 Å². The molecule has 0 radical (unpaired) electrons. The summed E-state index contributed by atoms with van der Waals surface area (Å²) in [4.78, 5) is 32.0. The van der Waals surface area contributed by atoms with Crippen molar-refractivity contribution in [3.8, 4) is 5.75 Å². The van der Waals surface area contributed by atoms with E-state index in [2.05, 4.69) is 15.5 Å². The van der Waals surface area contributed by atoms with Crippen LogP contribution in [0.25, 0.3) is 0 Å². The van der Waals surface area contributed by atoms with Gasteiger partial charge in [-0.1, -0.05) is 35.9 Å². The van der Waals surface area contributed by atoms with Crippen LogP contribution in [0.5, 0.6) is 5.75 Å². The SMILES string of the molecule is CCOc1ccccc1NC(=O)CN1CCC2(CC1)N=C(c1cccc(C)c1)C(=O)N2. The van der Waals surface area contributed by atoms with Crippen molar-refractivity contribution >= 4 is 23.2 Å². The standard InChI is InChI=1S/C24H28N4O3/c1-3-31-20-10-5-4-9-19(20)25-21(29)16-28-13-11-24(12-14-28)26-22(23(30)27-24)18-8-6-7-17(2)15-18/h4-10,15H,3,11-14,16H2,1-2H3,(H,25,29)(H,27,30). The quantitative estimate of drug-likeness (QED) is 0.753. The Labute approximate surface area is 182 Å². The predicted molar refractivity (Wildman–Crippen MR) is 121 cm³/mol. The normalized spacial score (nSPS) is 17.9. The van der Waals surface area contributed by atoms with E-state index in [4.69, 9.17) is 9.73 Å². The van der Waals surface area contributed by atoms with Gasteiger partial charge in [-0.25, -0.2) is 0 Å². The van der Waals surface area contributed by atoms with E-state index >= 15 is 0 Å². The number of aliphatic imine (C=N–C) groups is 1. The Morgan fingerprint density at radius 1 is 1.19 bits per heavy atom. The molecule has 0 saturated carbocycles. The Bertz CT molecular complexity index is 1010. The number of hydrogen-bond donors (Lipinski definition) is 2. The van der Waals surface area contributed by atoms with Gasteiger partial charge in [-0.3, -0.25) is 19.5 Å². The molecule has 2 aliphatic rings. The highest BCUT2D eigenvalue weighted by Crippen LogP contribution is 2.29. The number of rotatable bonds is 6. The van der Waals surface area contributed by atoms with Gasteiger partial charge in [0.05, 0.1) is 18.8 Å². The molecule has 2 N–H and O–H groups in total. The molecule has 1 saturated heterocycles. The van der Waals surface area contributed by atoms with Crippen molar-refractivity contribution in [2.45, 2.75) is 32.4 Å². The van der Waals surface area contributed by atoms with Crippen LogP contribution in [0.1, 0.15) is 30.9 Å². The Morgan fingerprint density at radius 2 is 1.97 bits per heavy atom. The maximum Gasteiger partial charge on any atom is 0.272 e. The van der Waals surface area contributed by atoms with Gasteiger partial charge < -0.3 is 15.4 Å². The first-order valence-corrected chi connectivity index (χ1v) is 10.7. The molecule has 31 heavy (non-hydrogen) atoms. The van der Waals surface area contributed by atoms with Crippen LogP contribution in [0.15, 0.2) is 53.5 Å². The molecule has 2 amide bonds. The molecule has 7 nitrogen and oxygen atoms in total. The summed E-state index contributed by atoms with van der Waals surface area (Å²) in [5.41, 5.74) is 2.57. The van der Waals surface area contributed by atoms with E-state index in [9.17, 15) is 9.59 Å². The van der Waals surface area contributed by atoms with E-state index in [1.807, 2.05) is 62.4 Å². The number of nitrogens with zero attached hydrogens (tertiary/aromatic N) is 2. The molecule has 2 aromatic carbocycles. The topological polar surface area (TPSA) is 83.0 Å². The molecule has 0 aromatic heterocycles. The third-order valence-corrected chi connectivity index (χ3v) is 5.69. The first-order valence-electron chi connectivity index (χ1n) is 10.7. The number of nitrogens with one attached hydrogen (secondary N) is 2. The molecule has 2 heterocycles. The van der Waals surface area contributed by atoms with Crippen molar-refractivity contribution in [1.82, 2.24) is 10.2 Å². The molecule has 2 aromatic rings. The lowest BCUT2D eigenvalue weighted by Gasteiger charge is -2.36. The molecule has 0 atom stereocenters. The van der Waals surface area contributed by atoms with Crippen LogP contribution in [0.4, 0.5) is 5.69 Å². The van der Waals surface area contributed by atoms with E-state index in [0.717, 1.165) is 11.1 Å². The summed E-state index contributed by atoms with van der Waals surface area (Å²) in [6.07, 6.45) is 1.35. The van der Waals surface area contributed by atoms with E-state index in [1.54, 1.807) is 0 Å². The second kappa shape index (κ2) is 8.89. The average molecular weight is 421 g/mol. The van der Waals surface area contributed by atoms with E-state index in [1.165, 1.54) is 0 Å². The fourth-order valence-corrected chi connectivity index (χ4v) is 4.11. The number of para-hydroxylation sites is 2. The van der Waals surface area contributed by atoms with Crippen molar-refractivity contribution in [1.29, 1.82) is 0 Å². The van der Waals surface area contributed by atoms with Gasteiger partial charge in [0.15, 0.2) is 0 Å². The zero-order chi connectivity index (χ0) is 21.8. The van der Waals surface area contributed by atoms with Crippen LogP contribution in [-0.4, -0.2) is 54.3 Å². The van der Waals surface area contributed by atoms with Crippen LogP contribution < -0.4 is 15.4 Å². The zero-order valence-corrected chi connectivity index (χ0v) is 18.0. The summed E-state index contributed by atoms with van der Waals surface area (Å²) >= 11 is 0. The van der Waals surface area contributed by atoms with E-state index in [0.29, 0.717) is 56.2 Å². The Hall–Kier alpha value is -3.19. The molecule has 162 valence electrons. The van der Waals surface area contributed by atoms with Crippen molar-refractivity contribution in [3.05, 3.63) is 59.7 Å². The number of hydrogen-bond acceptors (Lipinski definition) is 5. The number of piperidine rings is 1. The van der Waals surface area contributed by atoms with E-state index < -0.39 is 5.66 Å². The van der Waals surface area contributed by atoms with Gasteiger partial charge >= 0.3 is 0 Å². The highest BCUT2D eigenvalue weighted by atomic mass is 16.5.